The predicted molar refractivity (Wildman–Crippen MR) is 232 cm³/mol. The Labute approximate surface area is 349 Å². The summed E-state index contributed by atoms with van der Waals surface area (Å²) in [6.07, 6.45) is 15.4. The molecule has 0 bridgehead atoms. The topological polar surface area (TPSA) is 114 Å². The van der Waals surface area contributed by atoms with Gasteiger partial charge in [-0.2, -0.15) is 21.0 Å². The van der Waals surface area contributed by atoms with Crippen molar-refractivity contribution >= 4 is 89.6 Å². The summed E-state index contributed by atoms with van der Waals surface area (Å²) in [6.45, 7) is 0. The molecule has 2 saturated carbocycles. The second-order valence-electron chi connectivity index (χ2n) is 14.9. The molecule has 2 spiro atoms. The minimum Gasteiger partial charge on any atom is -0.495 e. The first-order chi connectivity index (χ1) is 27.4. The first kappa shape index (κ1) is 35.9. The van der Waals surface area contributed by atoms with E-state index in [1.165, 1.54) is 88.3 Å². The number of hydrogen-bond donors (Lipinski definition) is 0. The van der Waals surface area contributed by atoms with Crippen LogP contribution in [-0.2, 0) is 10.8 Å². The highest BCUT2D eigenvalue weighted by atomic mass is 32.1. The van der Waals surface area contributed by atoms with E-state index < -0.39 is 0 Å². The molecular weight excluding hydrogens is 809 g/mol. The van der Waals surface area contributed by atoms with Crippen molar-refractivity contribution in [2.24, 2.45) is 0 Å². The van der Waals surface area contributed by atoms with Crippen LogP contribution in [0.3, 0.4) is 0 Å². The highest BCUT2D eigenvalue weighted by molar-refractivity contribution is 7.35. The summed E-state index contributed by atoms with van der Waals surface area (Å²) in [7, 11) is 3.39. The smallest absolute Gasteiger partial charge is 0.138 e. The van der Waals surface area contributed by atoms with Crippen LogP contribution in [0.1, 0.15) is 96.2 Å². The Bertz CT molecular complexity index is 2630. The minimum absolute atomic E-state index is 0.000349. The van der Waals surface area contributed by atoms with Gasteiger partial charge in [0.25, 0.3) is 0 Å². The summed E-state index contributed by atoms with van der Waals surface area (Å²) in [5, 5.41) is 37.6. The summed E-state index contributed by atoms with van der Waals surface area (Å²) in [6, 6.07) is 16.8. The molecule has 0 aromatic carbocycles. The summed E-state index contributed by atoms with van der Waals surface area (Å²) in [5.74, 6) is 1.57. The molecule has 10 rings (SSSR count). The third-order valence-corrected chi connectivity index (χ3v) is 19.8. The third kappa shape index (κ3) is 5.07. The normalized spacial score (nSPS) is 16.6. The van der Waals surface area contributed by atoms with Crippen LogP contribution < -0.4 is 9.47 Å². The zero-order chi connectivity index (χ0) is 38.3. The van der Waals surface area contributed by atoms with E-state index in [-0.39, 0.29) is 22.0 Å². The van der Waals surface area contributed by atoms with Crippen molar-refractivity contribution in [2.75, 3.05) is 14.2 Å². The van der Waals surface area contributed by atoms with Gasteiger partial charge in [-0.3, -0.25) is 0 Å². The van der Waals surface area contributed by atoms with Crippen molar-refractivity contribution in [1.82, 2.24) is 0 Å². The zero-order valence-corrected chi connectivity index (χ0v) is 35.5. The van der Waals surface area contributed by atoms with Crippen LogP contribution >= 0.6 is 68.0 Å². The van der Waals surface area contributed by atoms with E-state index in [4.69, 9.17) is 9.47 Å². The third-order valence-electron chi connectivity index (χ3n) is 12.2. The number of hydrogen-bond acceptors (Lipinski definition) is 12. The van der Waals surface area contributed by atoms with Crippen molar-refractivity contribution in [3.05, 3.63) is 67.4 Å². The monoisotopic (exact) mass is 840 g/mol. The highest BCUT2D eigenvalue weighted by Crippen LogP contribution is 2.70. The van der Waals surface area contributed by atoms with Crippen LogP contribution in [-0.4, -0.2) is 14.2 Å². The summed E-state index contributed by atoms with van der Waals surface area (Å²) in [4.78, 5) is 12.0. The lowest BCUT2D eigenvalue weighted by atomic mass is 9.67. The maximum Gasteiger partial charge on any atom is 0.138 e. The number of allylic oxidation sites excluding steroid dienone is 2. The lowest BCUT2D eigenvalue weighted by Gasteiger charge is -2.35. The molecule has 56 heavy (non-hydrogen) atoms. The van der Waals surface area contributed by atoms with Crippen LogP contribution in [0, 0.1) is 45.3 Å². The Morgan fingerprint density at radius 3 is 1.27 bits per heavy atom. The van der Waals surface area contributed by atoms with Gasteiger partial charge >= 0.3 is 0 Å². The number of rotatable bonds is 6. The predicted octanol–water partition coefficient (Wildman–Crippen LogP) is 13.9. The zero-order valence-electron chi connectivity index (χ0n) is 30.6. The van der Waals surface area contributed by atoms with E-state index in [0.717, 1.165) is 56.7 Å². The first-order valence-electron chi connectivity index (χ1n) is 18.7. The van der Waals surface area contributed by atoms with Gasteiger partial charge in [-0.15, -0.1) is 68.0 Å². The Morgan fingerprint density at radius 2 is 0.911 bits per heavy atom. The van der Waals surface area contributed by atoms with Gasteiger partial charge in [0.1, 0.15) is 46.9 Å². The molecule has 0 radical (unpaired) electrons. The van der Waals surface area contributed by atoms with Gasteiger partial charge in [-0.05, 0) is 73.2 Å². The number of ether oxygens (including phenoxy) is 2. The number of fused-ring (bicyclic) bond motifs is 13. The van der Waals surface area contributed by atoms with Crippen molar-refractivity contribution in [3.63, 3.8) is 0 Å². The second-order valence-corrected chi connectivity index (χ2v) is 21.2. The average Bonchev–Trinajstić information content (AvgIpc) is 4.09. The Morgan fingerprint density at radius 1 is 0.518 bits per heavy atom. The van der Waals surface area contributed by atoms with Crippen LogP contribution in [0.15, 0.2) is 35.4 Å². The minimum atomic E-state index is -0.000349. The molecule has 276 valence electrons. The maximum absolute atomic E-state index is 9.40. The molecule has 0 aliphatic heterocycles. The number of nitrogens with zero attached hydrogens (tertiary/aromatic N) is 4. The lowest BCUT2D eigenvalue weighted by molar-refractivity contribution is 0.355. The Balaban J connectivity index is 1.13. The van der Waals surface area contributed by atoms with Gasteiger partial charge in [0.2, 0.25) is 0 Å². The SMILES string of the molecule is COc1cc(C=C(C#N)C#N)sc1-c1cc2c(s1)-c1sc3c4c(sc3c1C21CCCCC1)-c1sc(-c2sc(C=C(C#N)C#N)cc2OC)cc1C41CCCCC1. The standard InChI is InChI=1S/C44H32N4O2S6/c1-49-29-15-25(13-23(19-45)20-46)51-37(29)31-17-27-35(53-31)39-33(43(27)9-5-3-6-10-43)41-42(55-39)34-40(56-41)36-28(44(34)11-7-4-8-12-44)18-32(54-36)38-30(50-2)16-26(52-38)14-24(21-47)22-48/h13-18H,3-12H2,1-2H3. The molecule has 4 aliphatic rings. The number of thiophene rings is 6. The Hall–Kier alpha value is -4.50. The number of nitriles is 4. The maximum atomic E-state index is 9.40. The molecule has 0 atom stereocenters. The summed E-state index contributed by atoms with van der Waals surface area (Å²) < 4.78 is 14.8. The Kier molecular flexibility index (Phi) is 8.69. The van der Waals surface area contributed by atoms with Crippen LogP contribution in [0.25, 0.3) is 60.6 Å². The highest BCUT2D eigenvalue weighted by Gasteiger charge is 2.53. The van der Waals surface area contributed by atoms with Crippen LogP contribution in [0.4, 0.5) is 0 Å². The summed E-state index contributed by atoms with van der Waals surface area (Å²) >= 11 is 11.0. The number of methoxy groups -OCH3 is 2. The van der Waals surface area contributed by atoms with E-state index >= 15 is 0 Å². The van der Waals surface area contributed by atoms with Crippen molar-refractivity contribution in [2.45, 2.75) is 75.0 Å². The van der Waals surface area contributed by atoms with Crippen molar-refractivity contribution < 1.29 is 9.47 Å². The van der Waals surface area contributed by atoms with Gasteiger partial charge in [0.15, 0.2) is 0 Å². The van der Waals surface area contributed by atoms with Crippen molar-refractivity contribution in [1.29, 1.82) is 21.0 Å². The van der Waals surface area contributed by atoms with E-state index in [1.54, 1.807) is 60.2 Å². The molecule has 4 aliphatic carbocycles. The van der Waals surface area contributed by atoms with Gasteiger partial charge in [0.05, 0.1) is 43.1 Å². The fraction of sp³-hybridized carbons (Fsp3) is 0.318. The fourth-order valence-electron chi connectivity index (χ4n) is 9.83. The fourth-order valence-corrected chi connectivity index (χ4v) is 18.3. The van der Waals surface area contributed by atoms with E-state index in [2.05, 4.69) is 12.1 Å². The molecule has 6 aromatic rings. The van der Waals surface area contributed by atoms with Crippen molar-refractivity contribution in [3.8, 4) is 74.8 Å². The second kappa shape index (κ2) is 13.6. The molecule has 2 fully saturated rings. The van der Waals surface area contributed by atoms with Gasteiger partial charge in [-0.1, -0.05) is 38.5 Å². The van der Waals surface area contributed by atoms with Gasteiger partial charge in [0, 0.05) is 51.2 Å². The van der Waals surface area contributed by atoms with E-state index in [9.17, 15) is 21.0 Å². The quantitative estimate of drug-likeness (QED) is 0.154. The molecule has 6 nitrogen and oxygen atoms in total. The molecule has 6 aromatic heterocycles. The first-order valence-corrected chi connectivity index (χ1v) is 23.6. The van der Waals surface area contributed by atoms with E-state index in [0.29, 0.717) is 0 Å². The van der Waals surface area contributed by atoms with Crippen LogP contribution in [0.5, 0.6) is 11.5 Å². The van der Waals surface area contributed by atoms with Gasteiger partial charge < -0.3 is 9.47 Å². The molecule has 0 amide bonds. The largest absolute Gasteiger partial charge is 0.495 e. The molecular formula is C44H32N4O2S6. The van der Waals surface area contributed by atoms with Crippen LogP contribution in [0.2, 0.25) is 0 Å². The van der Waals surface area contributed by atoms with E-state index in [1.807, 2.05) is 81.8 Å². The lowest BCUT2D eigenvalue weighted by Crippen LogP contribution is -2.28. The van der Waals surface area contributed by atoms with Gasteiger partial charge in [-0.25, -0.2) is 0 Å². The molecule has 6 heterocycles. The summed E-state index contributed by atoms with van der Waals surface area (Å²) in [5.41, 5.74) is 6.32. The average molecular weight is 841 g/mol. The molecule has 0 saturated heterocycles. The molecule has 0 N–H and O–H groups in total. The molecule has 0 unspecified atom stereocenters. The molecule has 12 heteroatoms.